The van der Waals surface area contributed by atoms with Gasteiger partial charge in [-0.1, -0.05) is 5.04 Å². The van der Waals surface area contributed by atoms with E-state index in [-0.39, 0.29) is 17.6 Å². The second-order valence-corrected chi connectivity index (χ2v) is 0.0816. The van der Waals surface area contributed by atoms with E-state index < -0.39 is 0 Å². The van der Waals surface area contributed by atoms with Gasteiger partial charge in [-0.25, -0.2) is 10.5 Å². The summed E-state index contributed by atoms with van der Waals surface area (Å²) in [5, 5.41) is 15.5. The maximum absolute atomic E-state index is 6.62. The van der Waals surface area contributed by atoms with Crippen LogP contribution in [0.15, 0.2) is 0 Å². The molecule has 0 unspecified atom stereocenters. The minimum absolute atomic E-state index is 0. The van der Waals surface area contributed by atoms with Crippen molar-refractivity contribution in [1.29, 1.82) is 0 Å². The Balaban J connectivity index is 0. The van der Waals surface area contributed by atoms with E-state index in [1.807, 2.05) is 0 Å². The van der Waals surface area contributed by atoms with Gasteiger partial charge < -0.3 is 0 Å². The van der Waals surface area contributed by atoms with Crippen molar-refractivity contribution >= 4 is 17.6 Å². The molecule has 0 aromatic carbocycles. The molecule has 24 valence electrons. The average molecular weight is 123 g/mol. The predicted molar refractivity (Wildman–Crippen MR) is 12.1 cm³/mol. The van der Waals surface area contributed by atoms with E-state index in [0.29, 0.717) is 0 Å². The first-order valence-electron chi connectivity index (χ1n) is 0.365. The Bertz CT molecular complexity index is 3.25. The molecule has 0 fully saturated rings. The third-order valence-electron chi connectivity index (χ3n) is 0. The standard InChI is InChI=1S/Ge.H2O3/c;1-3-2/h;1-2H. The maximum atomic E-state index is 6.62. The van der Waals surface area contributed by atoms with Crippen LogP contribution < -0.4 is 0 Å². The topological polar surface area (TPSA) is 49.7 Å². The molecule has 0 aromatic rings. The van der Waals surface area contributed by atoms with Crippen molar-refractivity contribution in [2.24, 2.45) is 0 Å². The summed E-state index contributed by atoms with van der Waals surface area (Å²) in [6.07, 6.45) is 0. The third-order valence-corrected chi connectivity index (χ3v) is 0. The molecule has 0 saturated heterocycles. The third kappa shape index (κ3) is 27.4. The van der Waals surface area contributed by atoms with Crippen LogP contribution in [0.3, 0.4) is 0 Å². The molecule has 0 saturated carbocycles. The summed E-state index contributed by atoms with van der Waals surface area (Å²) >= 11 is 0. The van der Waals surface area contributed by atoms with Crippen molar-refractivity contribution in [3.8, 4) is 0 Å². The van der Waals surface area contributed by atoms with Crippen LogP contribution in [0.4, 0.5) is 0 Å². The first-order valence-corrected chi connectivity index (χ1v) is 0.365. The van der Waals surface area contributed by atoms with Crippen molar-refractivity contribution in [1.82, 2.24) is 0 Å². The van der Waals surface area contributed by atoms with E-state index >= 15 is 0 Å². The van der Waals surface area contributed by atoms with Gasteiger partial charge in [0, 0.05) is 17.6 Å². The normalized spacial score (nSPS) is 4.50. The zero-order valence-electron chi connectivity index (χ0n) is 1.80. The molecule has 0 atom stereocenters. The smallest absolute Gasteiger partial charge is 0 e. The van der Waals surface area contributed by atoms with E-state index in [1.165, 1.54) is 0 Å². The van der Waals surface area contributed by atoms with Gasteiger partial charge in [-0.15, -0.1) is 0 Å². The fourth-order valence-corrected chi connectivity index (χ4v) is 0. The van der Waals surface area contributed by atoms with Crippen LogP contribution in [0.25, 0.3) is 0 Å². The number of hydrogen-bond acceptors (Lipinski definition) is 3. The molecule has 0 aliphatic heterocycles. The van der Waals surface area contributed by atoms with Crippen LogP contribution in [0.1, 0.15) is 0 Å². The molecule has 0 rings (SSSR count). The van der Waals surface area contributed by atoms with Gasteiger partial charge in [-0.2, -0.15) is 0 Å². The Labute approximate surface area is 34.0 Å². The molecule has 4 heavy (non-hydrogen) atoms. The van der Waals surface area contributed by atoms with Gasteiger partial charge in [0.05, 0.1) is 0 Å². The Kier molecular flexibility index (Phi) is 21.9. The van der Waals surface area contributed by atoms with Gasteiger partial charge in [0.2, 0.25) is 0 Å². The zero-order chi connectivity index (χ0) is 2.71. The Morgan fingerprint density at radius 3 is 1.25 bits per heavy atom. The van der Waals surface area contributed by atoms with Gasteiger partial charge in [-0.05, 0) is 0 Å². The van der Waals surface area contributed by atoms with E-state index in [1.54, 1.807) is 0 Å². The fourth-order valence-electron chi connectivity index (χ4n) is 0. The summed E-state index contributed by atoms with van der Waals surface area (Å²) in [5.41, 5.74) is 0. The summed E-state index contributed by atoms with van der Waals surface area (Å²) in [7, 11) is 0. The van der Waals surface area contributed by atoms with Gasteiger partial charge >= 0.3 is 0 Å². The predicted octanol–water partition coefficient (Wildman–Crippen LogP) is -0.432. The van der Waals surface area contributed by atoms with E-state index in [9.17, 15) is 0 Å². The Hall–Kier alpha value is 0.423. The Morgan fingerprint density at radius 1 is 1.25 bits per heavy atom. The van der Waals surface area contributed by atoms with Crippen LogP contribution in [0, 0.1) is 0 Å². The number of rotatable bonds is 0. The summed E-state index contributed by atoms with van der Waals surface area (Å²) in [4.78, 5) is 0. The second kappa shape index (κ2) is 9.92. The molecule has 4 heteroatoms. The minimum Gasteiger partial charge on any atom is -0.221 e. The van der Waals surface area contributed by atoms with Crippen molar-refractivity contribution in [3.63, 3.8) is 0 Å². The second-order valence-electron chi connectivity index (χ2n) is 0.0816. The van der Waals surface area contributed by atoms with Crippen molar-refractivity contribution in [2.75, 3.05) is 0 Å². The van der Waals surface area contributed by atoms with Crippen molar-refractivity contribution < 1.29 is 15.6 Å². The monoisotopic (exact) mass is 124 g/mol. The van der Waals surface area contributed by atoms with Crippen LogP contribution in [-0.4, -0.2) is 28.1 Å². The summed E-state index contributed by atoms with van der Waals surface area (Å²) in [6.45, 7) is 0. The first kappa shape index (κ1) is 8.83. The molecule has 0 aliphatic carbocycles. The molecule has 2 N–H and O–H groups in total. The van der Waals surface area contributed by atoms with Gasteiger partial charge in [0.25, 0.3) is 0 Å². The van der Waals surface area contributed by atoms with Gasteiger partial charge in [-0.3, -0.25) is 0 Å². The largest absolute Gasteiger partial charge is 0.221 e. The zero-order valence-corrected chi connectivity index (χ0v) is 3.90. The molecule has 0 aromatic heterocycles. The van der Waals surface area contributed by atoms with Crippen LogP contribution in [0.2, 0.25) is 0 Å². The minimum atomic E-state index is 0. The quantitative estimate of drug-likeness (QED) is 0.261. The molecular weight excluding hydrogens is 121 g/mol. The average Bonchev–Trinajstić information content (AvgIpc) is 0.918. The molecule has 0 bridgehead atoms. The van der Waals surface area contributed by atoms with Crippen molar-refractivity contribution in [2.45, 2.75) is 0 Å². The van der Waals surface area contributed by atoms with Crippen LogP contribution in [-0.2, 0) is 5.04 Å². The van der Waals surface area contributed by atoms with Gasteiger partial charge in [0.15, 0.2) is 0 Å². The van der Waals surface area contributed by atoms with E-state index in [0.717, 1.165) is 0 Å². The van der Waals surface area contributed by atoms with E-state index in [2.05, 4.69) is 5.04 Å². The molecule has 3 nitrogen and oxygen atoms in total. The summed E-state index contributed by atoms with van der Waals surface area (Å²) in [5.74, 6) is 0. The van der Waals surface area contributed by atoms with E-state index in [4.69, 9.17) is 10.5 Å². The molecule has 0 aliphatic rings. The van der Waals surface area contributed by atoms with Gasteiger partial charge in [0.1, 0.15) is 0 Å². The Morgan fingerprint density at radius 2 is 1.25 bits per heavy atom. The first-order chi connectivity index (χ1) is 1.41. The molecule has 4 radical (unpaired) electrons. The SMILES string of the molecule is OOO.[Ge]. The fraction of sp³-hybridized carbons (Fsp3) is 0. The summed E-state index contributed by atoms with van der Waals surface area (Å²) < 4.78 is 0. The molecule has 0 heterocycles. The molecular formula is H2GeO3. The molecule has 0 spiro atoms. The molecule has 0 amide bonds. The number of hydrogen-bond donors (Lipinski definition) is 2. The van der Waals surface area contributed by atoms with Crippen molar-refractivity contribution in [3.05, 3.63) is 0 Å². The maximum Gasteiger partial charge on any atom is 0 e. The van der Waals surface area contributed by atoms with Crippen LogP contribution in [0.5, 0.6) is 0 Å². The van der Waals surface area contributed by atoms with Crippen LogP contribution >= 0.6 is 0 Å². The summed E-state index contributed by atoms with van der Waals surface area (Å²) in [6, 6.07) is 0.